The Balaban J connectivity index is 1.60. The highest BCUT2D eigenvalue weighted by Crippen LogP contribution is 2.23. The lowest BCUT2D eigenvalue weighted by Gasteiger charge is -2.38. The minimum atomic E-state index is -3.59. The van der Waals surface area contributed by atoms with Gasteiger partial charge in [-0.2, -0.15) is 4.31 Å². The van der Waals surface area contributed by atoms with Crippen LogP contribution in [0.4, 0.5) is 0 Å². The highest BCUT2D eigenvalue weighted by atomic mass is 35.5. The first kappa shape index (κ1) is 20.1. The number of likely N-dealkylation sites (tertiary alicyclic amines) is 1. The van der Waals surface area contributed by atoms with Crippen LogP contribution in [0.25, 0.3) is 0 Å². The molecular formula is C18H24ClN3O4S. The minimum absolute atomic E-state index is 0.00798. The predicted octanol–water partition coefficient (Wildman–Crippen LogP) is 1.43. The zero-order valence-corrected chi connectivity index (χ0v) is 16.9. The van der Waals surface area contributed by atoms with Crippen molar-refractivity contribution in [1.29, 1.82) is 0 Å². The van der Waals surface area contributed by atoms with Gasteiger partial charge < -0.3 is 9.80 Å². The maximum Gasteiger partial charge on any atom is 0.243 e. The molecule has 0 bridgehead atoms. The van der Waals surface area contributed by atoms with Crippen molar-refractivity contribution >= 4 is 33.4 Å². The van der Waals surface area contributed by atoms with Gasteiger partial charge in [-0.25, -0.2) is 8.42 Å². The molecule has 0 radical (unpaired) electrons. The van der Waals surface area contributed by atoms with Crippen LogP contribution in [0.3, 0.4) is 0 Å². The number of halogens is 1. The molecule has 27 heavy (non-hydrogen) atoms. The van der Waals surface area contributed by atoms with E-state index in [9.17, 15) is 18.0 Å². The molecule has 1 atom stereocenters. The number of sulfonamides is 1. The Morgan fingerprint density at radius 3 is 2.22 bits per heavy atom. The summed E-state index contributed by atoms with van der Waals surface area (Å²) in [6, 6.07) is 6.09. The van der Waals surface area contributed by atoms with E-state index in [-0.39, 0.29) is 35.7 Å². The molecule has 0 aromatic heterocycles. The maximum atomic E-state index is 12.8. The molecule has 2 saturated heterocycles. The Morgan fingerprint density at radius 2 is 1.63 bits per heavy atom. The van der Waals surface area contributed by atoms with Crippen LogP contribution in [-0.2, 0) is 19.6 Å². The Hall–Kier alpha value is -1.64. The van der Waals surface area contributed by atoms with Gasteiger partial charge in [-0.15, -0.1) is 0 Å². The molecule has 9 heteroatoms. The van der Waals surface area contributed by atoms with Crippen molar-refractivity contribution in [1.82, 2.24) is 14.1 Å². The molecule has 0 N–H and O–H groups in total. The van der Waals surface area contributed by atoms with E-state index in [0.717, 1.165) is 12.8 Å². The van der Waals surface area contributed by atoms with E-state index >= 15 is 0 Å². The van der Waals surface area contributed by atoms with E-state index in [4.69, 9.17) is 11.6 Å². The van der Waals surface area contributed by atoms with Crippen LogP contribution in [-0.4, -0.2) is 73.6 Å². The number of carbonyl (C=O) groups is 2. The van der Waals surface area contributed by atoms with E-state index in [1.807, 2.05) is 0 Å². The number of hydrogen-bond donors (Lipinski definition) is 0. The third-order valence-electron chi connectivity index (χ3n) is 5.22. The molecule has 1 aromatic rings. The highest BCUT2D eigenvalue weighted by Gasteiger charge is 2.34. The van der Waals surface area contributed by atoms with Gasteiger partial charge in [-0.3, -0.25) is 9.59 Å². The molecule has 0 spiro atoms. The molecule has 0 aliphatic carbocycles. The number of benzene rings is 1. The number of rotatable bonds is 3. The molecule has 148 valence electrons. The predicted molar refractivity (Wildman–Crippen MR) is 102 cm³/mol. The Kier molecular flexibility index (Phi) is 6.08. The fraction of sp³-hybridized carbons (Fsp3) is 0.556. The topological polar surface area (TPSA) is 78.0 Å². The van der Waals surface area contributed by atoms with Crippen molar-refractivity contribution in [3.63, 3.8) is 0 Å². The van der Waals surface area contributed by atoms with Crippen molar-refractivity contribution in [3.8, 4) is 0 Å². The summed E-state index contributed by atoms with van der Waals surface area (Å²) in [6.45, 7) is 3.93. The van der Waals surface area contributed by atoms with Gasteiger partial charge in [0, 0.05) is 51.2 Å². The van der Waals surface area contributed by atoms with E-state index in [0.29, 0.717) is 31.2 Å². The van der Waals surface area contributed by atoms with Crippen LogP contribution in [0.5, 0.6) is 0 Å². The van der Waals surface area contributed by atoms with Crippen LogP contribution in [0.15, 0.2) is 29.2 Å². The van der Waals surface area contributed by atoms with Crippen LogP contribution in [0, 0.1) is 5.92 Å². The third-order valence-corrected chi connectivity index (χ3v) is 7.38. The summed E-state index contributed by atoms with van der Waals surface area (Å²) in [5.74, 6) is -0.182. The molecule has 2 fully saturated rings. The smallest absolute Gasteiger partial charge is 0.243 e. The second kappa shape index (κ2) is 8.16. The SMILES string of the molecule is CC(=O)N1CCC[C@@H](C(=O)N2CCN(S(=O)(=O)c3ccc(Cl)cc3)CC2)C1. The zero-order valence-electron chi connectivity index (χ0n) is 15.3. The molecule has 2 aliphatic rings. The molecule has 0 saturated carbocycles. The Morgan fingerprint density at radius 1 is 1.00 bits per heavy atom. The lowest BCUT2D eigenvalue weighted by atomic mass is 9.96. The molecular weight excluding hydrogens is 390 g/mol. The first-order valence-corrected chi connectivity index (χ1v) is 10.9. The monoisotopic (exact) mass is 413 g/mol. The first-order chi connectivity index (χ1) is 12.8. The second-order valence-electron chi connectivity index (χ2n) is 6.99. The van der Waals surface area contributed by atoms with Gasteiger partial charge in [0.05, 0.1) is 10.8 Å². The van der Waals surface area contributed by atoms with Gasteiger partial charge in [0.15, 0.2) is 0 Å². The molecule has 2 aliphatic heterocycles. The third kappa shape index (κ3) is 4.44. The van der Waals surface area contributed by atoms with Crippen molar-refractivity contribution in [2.75, 3.05) is 39.3 Å². The number of piperazine rings is 1. The standard InChI is InChI=1S/C18H24ClN3O4S/c1-14(23)21-8-2-3-15(13-21)18(24)20-9-11-22(12-10-20)27(25,26)17-6-4-16(19)5-7-17/h4-7,15H,2-3,8-13H2,1H3/t15-/m1/s1. The molecule has 7 nitrogen and oxygen atoms in total. The van der Waals surface area contributed by atoms with Gasteiger partial charge in [0.1, 0.15) is 0 Å². The fourth-order valence-electron chi connectivity index (χ4n) is 3.63. The molecule has 2 heterocycles. The summed E-state index contributed by atoms with van der Waals surface area (Å²) < 4.78 is 26.9. The molecule has 1 aromatic carbocycles. The number of nitrogens with zero attached hydrogens (tertiary/aromatic N) is 3. The fourth-order valence-corrected chi connectivity index (χ4v) is 5.18. The first-order valence-electron chi connectivity index (χ1n) is 9.09. The zero-order chi connectivity index (χ0) is 19.6. The quantitative estimate of drug-likeness (QED) is 0.751. The van der Waals surface area contributed by atoms with Crippen LogP contribution >= 0.6 is 11.6 Å². The maximum absolute atomic E-state index is 12.8. The molecule has 2 amide bonds. The van der Waals surface area contributed by atoms with E-state index in [1.165, 1.54) is 23.4 Å². The second-order valence-corrected chi connectivity index (χ2v) is 9.36. The lowest BCUT2D eigenvalue weighted by Crippen LogP contribution is -2.53. The number of piperidine rings is 1. The van der Waals surface area contributed by atoms with Gasteiger partial charge in [-0.1, -0.05) is 11.6 Å². The van der Waals surface area contributed by atoms with Crippen molar-refractivity contribution in [2.24, 2.45) is 5.92 Å². The average molecular weight is 414 g/mol. The van der Waals surface area contributed by atoms with E-state index in [1.54, 1.807) is 21.9 Å². The van der Waals surface area contributed by atoms with Crippen LogP contribution in [0.1, 0.15) is 19.8 Å². The van der Waals surface area contributed by atoms with E-state index in [2.05, 4.69) is 0 Å². The van der Waals surface area contributed by atoms with Crippen molar-refractivity contribution in [3.05, 3.63) is 29.3 Å². The minimum Gasteiger partial charge on any atom is -0.342 e. The van der Waals surface area contributed by atoms with Crippen LogP contribution < -0.4 is 0 Å². The van der Waals surface area contributed by atoms with Gasteiger partial charge in [0.25, 0.3) is 0 Å². The summed E-state index contributed by atoms with van der Waals surface area (Å²) in [7, 11) is -3.59. The van der Waals surface area contributed by atoms with Gasteiger partial charge in [0.2, 0.25) is 21.8 Å². The number of amides is 2. The van der Waals surface area contributed by atoms with E-state index < -0.39 is 10.0 Å². The Labute approximate surface area is 164 Å². The molecule has 0 unspecified atom stereocenters. The number of carbonyl (C=O) groups excluding carboxylic acids is 2. The summed E-state index contributed by atoms with van der Waals surface area (Å²) in [5.41, 5.74) is 0. The van der Waals surface area contributed by atoms with Crippen LogP contribution in [0.2, 0.25) is 5.02 Å². The normalized spacial score (nSPS) is 21.9. The van der Waals surface area contributed by atoms with Crippen molar-refractivity contribution in [2.45, 2.75) is 24.7 Å². The largest absolute Gasteiger partial charge is 0.342 e. The lowest BCUT2D eigenvalue weighted by molar-refractivity contribution is -0.141. The Bertz CT molecular complexity index is 804. The summed E-state index contributed by atoms with van der Waals surface area (Å²) in [5, 5.41) is 0.483. The van der Waals surface area contributed by atoms with Gasteiger partial charge in [-0.05, 0) is 37.1 Å². The summed E-state index contributed by atoms with van der Waals surface area (Å²) in [6.07, 6.45) is 1.59. The van der Waals surface area contributed by atoms with Crippen molar-refractivity contribution < 1.29 is 18.0 Å². The number of hydrogen-bond acceptors (Lipinski definition) is 4. The van der Waals surface area contributed by atoms with Gasteiger partial charge >= 0.3 is 0 Å². The molecule has 3 rings (SSSR count). The summed E-state index contributed by atoms with van der Waals surface area (Å²) in [4.78, 5) is 28.0. The average Bonchev–Trinajstić information content (AvgIpc) is 2.68. The summed E-state index contributed by atoms with van der Waals surface area (Å²) >= 11 is 5.83. The highest BCUT2D eigenvalue weighted by molar-refractivity contribution is 7.89.